The minimum atomic E-state index is -0.585. The summed E-state index contributed by atoms with van der Waals surface area (Å²) in [6, 6.07) is 0. The first-order valence-electron chi connectivity index (χ1n) is 6.37. The normalized spacial score (nSPS) is 16.8. The van der Waals surface area contributed by atoms with Gasteiger partial charge >= 0.3 is 0 Å². The lowest BCUT2D eigenvalue weighted by Gasteiger charge is -2.08. The maximum atomic E-state index is 11.9. The largest absolute Gasteiger partial charge is 0.356 e. The maximum Gasteiger partial charge on any atom is 0.269 e. The van der Waals surface area contributed by atoms with Crippen molar-refractivity contribution in [1.29, 1.82) is 0 Å². The first kappa shape index (κ1) is 15.0. The van der Waals surface area contributed by atoms with Gasteiger partial charge in [0, 0.05) is 24.2 Å². The van der Waals surface area contributed by atoms with Gasteiger partial charge in [0.25, 0.3) is 5.91 Å². The zero-order valence-corrected chi connectivity index (χ0v) is 12.1. The molecule has 1 aliphatic rings. The summed E-state index contributed by atoms with van der Waals surface area (Å²) in [6.07, 6.45) is 4.21. The summed E-state index contributed by atoms with van der Waals surface area (Å²) in [5.74, 6) is -1.39. The van der Waals surface area contributed by atoms with E-state index in [9.17, 15) is 14.4 Å². The Balaban J connectivity index is 1.92. The van der Waals surface area contributed by atoms with E-state index in [1.807, 2.05) is 6.92 Å². The highest BCUT2D eigenvalue weighted by Crippen LogP contribution is 2.17. The van der Waals surface area contributed by atoms with Crippen LogP contribution in [-0.4, -0.2) is 35.5 Å². The smallest absolute Gasteiger partial charge is 0.269 e. The van der Waals surface area contributed by atoms with E-state index in [0.717, 1.165) is 0 Å². The lowest BCUT2D eigenvalue weighted by atomic mass is 10.1. The third-order valence-corrected chi connectivity index (χ3v) is 3.42. The summed E-state index contributed by atoms with van der Waals surface area (Å²) in [4.78, 5) is 42.0. The molecule has 1 aliphatic heterocycles. The number of hydrogen-bond acceptors (Lipinski definition) is 5. The van der Waals surface area contributed by atoms with Crippen LogP contribution in [0.4, 0.5) is 5.13 Å². The quantitative estimate of drug-likeness (QED) is 0.829. The molecule has 1 aromatic heterocycles. The number of nitrogens with one attached hydrogen (secondary N) is 2. The zero-order chi connectivity index (χ0) is 15.2. The van der Waals surface area contributed by atoms with Crippen molar-refractivity contribution in [2.75, 3.05) is 11.9 Å². The summed E-state index contributed by atoms with van der Waals surface area (Å²) in [5, 5.41) is 7.45. The number of aromatic nitrogens is 1. The van der Waals surface area contributed by atoms with E-state index < -0.39 is 5.92 Å². The van der Waals surface area contributed by atoms with Gasteiger partial charge in [-0.2, -0.15) is 0 Å². The van der Waals surface area contributed by atoms with E-state index in [1.54, 1.807) is 5.38 Å². The Hall–Kier alpha value is -2.35. The Bertz CT molecular complexity index is 605. The molecule has 0 fully saturated rings. The van der Waals surface area contributed by atoms with Gasteiger partial charge in [-0.1, -0.05) is 6.08 Å². The van der Waals surface area contributed by atoms with Crippen LogP contribution in [0.15, 0.2) is 22.5 Å². The predicted molar refractivity (Wildman–Crippen MR) is 79.3 cm³/mol. The van der Waals surface area contributed by atoms with Crippen molar-refractivity contribution in [3.8, 4) is 0 Å². The molecular formula is C13H14N4O3S. The van der Waals surface area contributed by atoms with E-state index >= 15 is 0 Å². The highest BCUT2D eigenvalue weighted by Gasteiger charge is 2.18. The Morgan fingerprint density at radius 1 is 1.43 bits per heavy atom. The second-order valence-electron chi connectivity index (χ2n) is 4.26. The molecule has 2 rings (SSSR count). The monoisotopic (exact) mass is 306 g/mol. The number of rotatable bonds is 5. The van der Waals surface area contributed by atoms with Gasteiger partial charge in [-0.25, -0.2) is 9.98 Å². The first-order chi connectivity index (χ1) is 10.1. The molecule has 2 heterocycles. The van der Waals surface area contributed by atoms with Gasteiger partial charge in [0.05, 0.1) is 18.0 Å². The highest BCUT2D eigenvalue weighted by atomic mass is 32.1. The van der Waals surface area contributed by atoms with E-state index in [1.165, 1.54) is 29.7 Å². The van der Waals surface area contributed by atoms with Crippen LogP contribution in [0.2, 0.25) is 0 Å². The molecular weight excluding hydrogens is 292 g/mol. The van der Waals surface area contributed by atoms with Gasteiger partial charge in [0.15, 0.2) is 5.13 Å². The lowest BCUT2D eigenvalue weighted by Crippen LogP contribution is -2.25. The standard InChI is InChI=1S/C13H14N4O3S/c1-2-14-11(19)5-9-7-21-13(16-9)17-12(20)8-3-4-10(18)15-6-8/h3-4,6-8H,2,5H2,1H3,(H,14,19)(H,16,17,20). The molecule has 8 heteroatoms. The first-order valence-corrected chi connectivity index (χ1v) is 7.24. The molecule has 0 bridgehead atoms. The molecule has 21 heavy (non-hydrogen) atoms. The Labute approximate surface area is 125 Å². The van der Waals surface area contributed by atoms with Gasteiger partial charge in [0.2, 0.25) is 11.8 Å². The van der Waals surface area contributed by atoms with Crippen LogP contribution < -0.4 is 10.6 Å². The molecule has 0 aromatic carbocycles. The molecule has 0 saturated heterocycles. The molecule has 110 valence electrons. The van der Waals surface area contributed by atoms with E-state index in [-0.39, 0.29) is 24.1 Å². The lowest BCUT2D eigenvalue weighted by molar-refractivity contribution is -0.120. The molecule has 0 saturated carbocycles. The van der Waals surface area contributed by atoms with Crippen LogP contribution in [0.25, 0.3) is 0 Å². The van der Waals surface area contributed by atoms with Crippen LogP contribution in [-0.2, 0) is 20.8 Å². The van der Waals surface area contributed by atoms with E-state index in [0.29, 0.717) is 17.4 Å². The van der Waals surface area contributed by atoms with Crippen molar-refractivity contribution in [1.82, 2.24) is 10.3 Å². The summed E-state index contributed by atoms with van der Waals surface area (Å²) >= 11 is 1.24. The van der Waals surface area contributed by atoms with Gasteiger partial charge in [-0.15, -0.1) is 11.3 Å². The molecule has 3 amide bonds. The number of amides is 3. The maximum absolute atomic E-state index is 11.9. The minimum absolute atomic E-state index is 0.110. The average Bonchev–Trinajstić information content (AvgIpc) is 2.86. The second kappa shape index (κ2) is 6.89. The number of anilines is 1. The fraction of sp³-hybridized carbons (Fsp3) is 0.308. The van der Waals surface area contributed by atoms with Gasteiger partial charge < -0.3 is 10.6 Å². The summed E-state index contributed by atoms with van der Waals surface area (Å²) in [5.41, 5.74) is 0.601. The van der Waals surface area contributed by atoms with Gasteiger partial charge in [-0.05, 0) is 6.92 Å². The third kappa shape index (κ3) is 4.32. The summed E-state index contributed by atoms with van der Waals surface area (Å²) in [6.45, 7) is 2.41. The molecule has 0 spiro atoms. The topological polar surface area (TPSA) is 101 Å². The third-order valence-electron chi connectivity index (χ3n) is 2.61. The van der Waals surface area contributed by atoms with Gasteiger partial charge in [-0.3, -0.25) is 14.4 Å². The minimum Gasteiger partial charge on any atom is -0.356 e. The number of likely N-dealkylation sites (N-methyl/N-ethyl adjacent to an activating group) is 1. The molecule has 7 nitrogen and oxygen atoms in total. The van der Waals surface area contributed by atoms with Crippen molar-refractivity contribution in [3.05, 3.63) is 23.2 Å². The van der Waals surface area contributed by atoms with Crippen molar-refractivity contribution in [2.45, 2.75) is 13.3 Å². The fourth-order valence-corrected chi connectivity index (χ4v) is 2.36. The van der Waals surface area contributed by atoms with Crippen molar-refractivity contribution < 1.29 is 14.4 Å². The number of hydrogen-bond donors (Lipinski definition) is 2. The van der Waals surface area contributed by atoms with E-state index in [4.69, 9.17) is 0 Å². The van der Waals surface area contributed by atoms with Crippen LogP contribution in [0, 0.1) is 5.92 Å². The molecule has 0 aliphatic carbocycles. The van der Waals surface area contributed by atoms with Crippen molar-refractivity contribution >= 4 is 40.4 Å². The molecule has 0 radical (unpaired) electrons. The number of dihydropyridines is 1. The Kier molecular flexibility index (Phi) is 4.94. The predicted octanol–water partition coefficient (Wildman–Crippen LogP) is 0.544. The highest BCUT2D eigenvalue weighted by molar-refractivity contribution is 7.13. The zero-order valence-electron chi connectivity index (χ0n) is 11.3. The number of carbonyl (C=O) groups is 3. The van der Waals surface area contributed by atoms with Crippen LogP contribution in [0.5, 0.6) is 0 Å². The Morgan fingerprint density at radius 3 is 2.90 bits per heavy atom. The number of aliphatic imine (C=N–C) groups is 1. The molecule has 1 aromatic rings. The van der Waals surface area contributed by atoms with Gasteiger partial charge in [0.1, 0.15) is 0 Å². The SMILES string of the molecule is CCNC(=O)Cc1csc(NC(=O)C2C=CC(=O)N=C2)n1. The molecule has 1 unspecified atom stereocenters. The average molecular weight is 306 g/mol. The molecule has 1 atom stereocenters. The molecule has 2 N–H and O–H groups in total. The van der Waals surface area contributed by atoms with Crippen LogP contribution >= 0.6 is 11.3 Å². The van der Waals surface area contributed by atoms with Crippen LogP contribution in [0.3, 0.4) is 0 Å². The summed E-state index contributed by atoms with van der Waals surface area (Å²) < 4.78 is 0. The number of nitrogens with zero attached hydrogens (tertiary/aromatic N) is 2. The van der Waals surface area contributed by atoms with E-state index in [2.05, 4.69) is 20.6 Å². The fourth-order valence-electron chi connectivity index (χ4n) is 1.65. The summed E-state index contributed by atoms with van der Waals surface area (Å²) in [7, 11) is 0. The number of carbonyl (C=O) groups excluding carboxylic acids is 3. The van der Waals surface area contributed by atoms with Crippen LogP contribution in [0.1, 0.15) is 12.6 Å². The Morgan fingerprint density at radius 2 is 2.24 bits per heavy atom. The number of thiazole rings is 1. The van der Waals surface area contributed by atoms with Crippen molar-refractivity contribution in [2.24, 2.45) is 10.9 Å². The second-order valence-corrected chi connectivity index (χ2v) is 5.12. The van der Waals surface area contributed by atoms with Crippen molar-refractivity contribution in [3.63, 3.8) is 0 Å².